The zero-order valence-corrected chi connectivity index (χ0v) is 9.22. The second kappa shape index (κ2) is 4.27. The van der Waals surface area contributed by atoms with Gasteiger partial charge in [0.05, 0.1) is 16.0 Å². The number of aliphatic hydroxyl groups excluding tert-OH is 1. The van der Waals surface area contributed by atoms with Crippen LogP contribution in [0.4, 0.5) is 11.4 Å². The summed E-state index contributed by atoms with van der Waals surface area (Å²) in [5, 5.41) is 20.6. The first kappa shape index (κ1) is 11.2. The molecule has 0 bridgehead atoms. The minimum Gasteiger partial charge on any atom is -0.391 e. The minimum atomic E-state index is -0.452. The highest BCUT2D eigenvalue weighted by atomic mass is 35.5. The fourth-order valence-corrected chi connectivity index (χ4v) is 2.20. The van der Waals surface area contributed by atoms with Gasteiger partial charge in [0.2, 0.25) is 0 Å². The van der Waals surface area contributed by atoms with Gasteiger partial charge in [-0.05, 0) is 12.5 Å². The van der Waals surface area contributed by atoms with Crippen LogP contribution in [0.25, 0.3) is 0 Å². The summed E-state index contributed by atoms with van der Waals surface area (Å²) < 4.78 is 0. The average Bonchev–Trinajstić information content (AvgIpc) is 2.64. The van der Waals surface area contributed by atoms with Crippen LogP contribution in [0.2, 0.25) is 5.02 Å². The Hall–Kier alpha value is -1.33. The van der Waals surface area contributed by atoms with Crippen LogP contribution in [0, 0.1) is 10.1 Å². The van der Waals surface area contributed by atoms with Crippen LogP contribution in [0.15, 0.2) is 18.2 Å². The number of hydrogen-bond acceptors (Lipinski definition) is 4. The molecule has 1 saturated heterocycles. The molecule has 1 aromatic carbocycles. The average molecular weight is 243 g/mol. The smallest absolute Gasteiger partial charge is 0.294 e. The lowest BCUT2D eigenvalue weighted by Crippen LogP contribution is -2.22. The first-order valence-electron chi connectivity index (χ1n) is 4.95. The van der Waals surface area contributed by atoms with Gasteiger partial charge in [-0.1, -0.05) is 17.7 Å². The molecule has 1 atom stereocenters. The SMILES string of the molecule is O=[N+]([O-])c1cccc(Cl)c1N1CCC(O)C1. The lowest BCUT2D eigenvalue weighted by molar-refractivity contribution is -0.384. The van der Waals surface area contributed by atoms with E-state index in [-0.39, 0.29) is 5.69 Å². The molecule has 16 heavy (non-hydrogen) atoms. The van der Waals surface area contributed by atoms with Crippen molar-refractivity contribution < 1.29 is 10.0 Å². The summed E-state index contributed by atoms with van der Waals surface area (Å²) in [5.74, 6) is 0. The quantitative estimate of drug-likeness (QED) is 0.635. The molecule has 1 unspecified atom stereocenters. The number of aliphatic hydroxyl groups is 1. The van der Waals surface area contributed by atoms with Crippen LogP contribution >= 0.6 is 11.6 Å². The minimum absolute atomic E-state index is 0.0124. The first-order chi connectivity index (χ1) is 7.59. The summed E-state index contributed by atoms with van der Waals surface area (Å²) in [6, 6.07) is 4.59. The molecular formula is C10H11ClN2O3. The maximum Gasteiger partial charge on any atom is 0.294 e. The van der Waals surface area contributed by atoms with Gasteiger partial charge in [0.15, 0.2) is 0 Å². The third kappa shape index (κ3) is 1.96. The van der Waals surface area contributed by atoms with Gasteiger partial charge in [0, 0.05) is 19.2 Å². The molecule has 6 heteroatoms. The van der Waals surface area contributed by atoms with E-state index in [1.807, 2.05) is 0 Å². The monoisotopic (exact) mass is 242 g/mol. The van der Waals surface area contributed by atoms with E-state index in [2.05, 4.69) is 0 Å². The van der Waals surface area contributed by atoms with Crippen LogP contribution in [-0.4, -0.2) is 29.2 Å². The highest BCUT2D eigenvalue weighted by Crippen LogP contribution is 2.36. The largest absolute Gasteiger partial charge is 0.391 e. The molecule has 1 aromatic rings. The number of β-amino-alcohol motifs (C(OH)–C–C–N with tert-alkyl or cyclic N) is 1. The van der Waals surface area contributed by atoms with Gasteiger partial charge in [-0.2, -0.15) is 0 Å². The summed E-state index contributed by atoms with van der Waals surface area (Å²) in [5.41, 5.74) is 0.396. The maximum absolute atomic E-state index is 10.9. The molecule has 0 saturated carbocycles. The summed E-state index contributed by atoms with van der Waals surface area (Å²) in [6.45, 7) is 0.982. The number of nitro groups is 1. The van der Waals surface area contributed by atoms with Crippen molar-refractivity contribution in [3.8, 4) is 0 Å². The number of anilines is 1. The number of nitro benzene ring substituents is 1. The Labute approximate surface area is 97.4 Å². The van der Waals surface area contributed by atoms with E-state index in [0.717, 1.165) is 0 Å². The molecule has 0 radical (unpaired) electrons. The molecule has 1 aliphatic heterocycles. The van der Waals surface area contributed by atoms with Crippen molar-refractivity contribution in [3.05, 3.63) is 33.3 Å². The lowest BCUT2D eigenvalue weighted by atomic mass is 10.2. The summed E-state index contributed by atoms with van der Waals surface area (Å²) >= 11 is 5.97. The molecule has 86 valence electrons. The van der Waals surface area contributed by atoms with Crippen molar-refractivity contribution in [2.24, 2.45) is 0 Å². The Kier molecular flexibility index (Phi) is 2.98. The van der Waals surface area contributed by atoms with Crippen LogP contribution in [0.3, 0.4) is 0 Å². The van der Waals surface area contributed by atoms with Gasteiger partial charge in [0.1, 0.15) is 5.69 Å². The third-order valence-corrected chi connectivity index (χ3v) is 2.95. The molecule has 5 nitrogen and oxygen atoms in total. The van der Waals surface area contributed by atoms with Crippen molar-refractivity contribution in [2.75, 3.05) is 18.0 Å². The number of para-hydroxylation sites is 1. The molecule has 1 fully saturated rings. The highest BCUT2D eigenvalue weighted by molar-refractivity contribution is 6.33. The Morgan fingerprint density at radius 3 is 2.88 bits per heavy atom. The summed E-state index contributed by atoms with van der Waals surface area (Å²) in [7, 11) is 0. The molecule has 2 rings (SSSR count). The second-order valence-electron chi connectivity index (χ2n) is 3.75. The van der Waals surface area contributed by atoms with Crippen LogP contribution < -0.4 is 4.90 Å². The Balaban J connectivity index is 2.42. The Bertz CT molecular complexity index is 425. The van der Waals surface area contributed by atoms with Gasteiger partial charge in [-0.15, -0.1) is 0 Å². The van der Waals surface area contributed by atoms with E-state index < -0.39 is 11.0 Å². The van der Waals surface area contributed by atoms with E-state index in [1.54, 1.807) is 17.0 Å². The fourth-order valence-electron chi connectivity index (χ4n) is 1.91. The van der Waals surface area contributed by atoms with Crippen LogP contribution in [-0.2, 0) is 0 Å². The molecule has 1 aliphatic rings. The molecule has 1 N–H and O–H groups in total. The lowest BCUT2D eigenvalue weighted by Gasteiger charge is -2.18. The van der Waals surface area contributed by atoms with Crippen LogP contribution in [0.1, 0.15) is 6.42 Å². The highest BCUT2D eigenvalue weighted by Gasteiger charge is 2.28. The predicted octanol–water partition coefficient (Wildman–Crippen LogP) is 1.82. The number of halogens is 1. The van der Waals surface area contributed by atoms with Crippen molar-refractivity contribution in [3.63, 3.8) is 0 Å². The summed E-state index contributed by atoms with van der Waals surface area (Å²) in [6.07, 6.45) is 0.179. The number of hydrogen-bond donors (Lipinski definition) is 1. The zero-order valence-electron chi connectivity index (χ0n) is 8.47. The van der Waals surface area contributed by atoms with E-state index in [0.29, 0.717) is 30.2 Å². The Morgan fingerprint density at radius 1 is 1.56 bits per heavy atom. The second-order valence-corrected chi connectivity index (χ2v) is 4.16. The number of rotatable bonds is 2. The number of benzene rings is 1. The van der Waals surface area contributed by atoms with Gasteiger partial charge >= 0.3 is 0 Å². The molecule has 0 aromatic heterocycles. The van der Waals surface area contributed by atoms with Gasteiger partial charge < -0.3 is 10.0 Å². The molecule has 0 aliphatic carbocycles. The molecule has 0 amide bonds. The standard InChI is InChI=1S/C10H11ClN2O3/c11-8-2-1-3-9(13(15)16)10(8)12-5-4-7(14)6-12/h1-3,7,14H,4-6H2. The molecular weight excluding hydrogens is 232 g/mol. The van der Waals surface area contributed by atoms with E-state index in [4.69, 9.17) is 11.6 Å². The molecule has 1 heterocycles. The fraction of sp³-hybridized carbons (Fsp3) is 0.400. The number of nitrogens with zero attached hydrogens (tertiary/aromatic N) is 2. The predicted molar refractivity (Wildman–Crippen MR) is 60.9 cm³/mol. The van der Waals surface area contributed by atoms with Crippen molar-refractivity contribution in [1.82, 2.24) is 0 Å². The molecule has 0 spiro atoms. The van der Waals surface area contributed by atoms with Gasteiger partial charge in [-0.25, -0.2) is 0 Å². The third-order valence-electron chi connectivity index (χ3n) is 2.64. The van der Waals surface area contributed by atoms with Crippen molar-refractivity contribution in [1.29, 1.82) is 0 Å². The topological polar surface area (TPSA) is 66.6 Å². The first-order valence-corrected chi connectivity index (χ1v) is 5.33. The van der Waals surface area contributed by atoms with Gasteiger partial charge in [-0.3, -0.25) is 10.1 Å². The van der Waals surface area contributed by atoms with Gasteiger partial charge in [0.25, 0.3) is 5.69 Å². The normalized spacial score (nSPS) is 20.1. The Morgan fingerprint density at radius 2 is 2.31 bits per heavy atom. The zero-order chi connectivity index (χ0) is 11.7. The maximum atomic E-state index is 10.9. The van der Waals surface area contributed by atoms with Crippen LogP contribution in [0.5, 0.6) is 0 Å². The van der Waals surface area contributed by atoms with E-state index in [9.17, 15) is 15.2 Å². The summed E-state index contributed by atoms with van der Waals surface area (Å²) in [4.78, 5) is 12.2. The van der Waals surface area contributed by atoms with E-state index >= 15 is 0 Å². The van der Waals surface area contributed by atoms with Crippen molar-refractivity contribution in [2.45, 2.75) is 12.5 Å². The van der Waals surface area contributed by atoms with E-state index in [1.165, 1.54) is 6.07 Å². The van der Waals surface area contributed by atoms with Crippen molar-refractivity contribution >= 4 is 23.0 Å².